The van der Waals surface area contributed by atoms with Crippen LogP contribution in [0.25, 0.3) is 0 Å². The van der Waals surface area contributed by atoms with E-state index in [0.29, 0.717) is 13.2 Å². The van der Waals surface area contributed by atoms with E-state index >= 15 is 0 Å². The van der Waals surface area contributed by atoms with Crippen LogP contribution in [-0.2, 0) is 16.1 Å². The maximum atomic E-state index is 12.7. The van der Waals surface area contributed by atoms with E-state index < -0.39 is 0 Å². The summed E-state index contributed by atoms with van der Waals surface area (Å²) in [5.74, 6) is 0.983. The lowest BCUT2D eigenvalue weighted by atomic mass is 10.1. The van der Waals surface area contributed by atoms with Gasteiger partial charge in [0.1, 0.15) is 5.75 Å². The highest BCUT2D eigenvalue weighted by molar-refractivity contribution is 5.81. The number of amides is 1. The molecule has 1 unspecified atom stereocenters. The van der Waals surface area contributed by atoms with Gasteiger partial charge in [-0.15, -0.1) is 0 Å². The van der Waals surface area contributed by atoms with Crippen LogP contribution in [0.5, 0.6) is 5.75 Å². The highest BCUT2D eigenvalue weighted by Crippen LogP contribution is 2.29. The van der Waals surface area contributed by atoms with Gasteiger partial charge in [0.15, 0.2) is 0 Å². The van der Waals surface area contributed by atoms with Crippen LogP contribution in [0, 0.1) is 5.92 Å². The number of carbonyl (C=O) groups is 1. The van der Waals surface area contributed by atoms with Gasteiger partial charge in [-0.05, 0) is 36.6 Å². The molecule has 0 N–H and O–H groups in total. The third kappa shape index (κ3) is 4.20. The number of benzene rings is 2. The molecule has 1 saturated heterocycles. The second-order valence-electron chi connectivity index (χ2n) is 6.47. The zero-order chi connectivity index (χ0) is 17.6. The average Bonchev–Trinajstić information content (AvgIpc) is 3.03. The van der Waals surface area contributed by atoms with E-state index in [1.54, 1.807) is 7.11 Å². The van der Waals surface area contributed by atoms with Gasteiger partial charge in [0, 0.05) is 6.54 Å². The molecule has 1 aliphatic heterocycles. The van der Waals surface area contributed by atoms with Crippen molar-refractivity contribution in [2.24, 2.45) is 5.92 Å². The molecule has 4 heteroatoms. The molecule has 132 valence electrons. The van der Waals surface area contributed by atoms with Gasteiger partial charge in [0.2, 0.25) is 5.91 Å². The van der Waals surface area contributed by atoms with Crippen LogP contribution in [0.15, 0.2) is 54.6 Å². The SMILES string of the molecule is COc1ccc(C(C)N2CC[C@@H](COCc3ccccc3)C2=O)cc1. The van der Waals surface area contributed by atoms with Gasteiger partial charge in [-0.3, -0.25) is 4.79 Å². The summed E-state index contributed by atoms with van der Waals surface area (Å²) in [5.41, 5.74) is 2.26. The predicted octanol–water partition coefficient (Wildman–Crippen LogP) is 3.82. The maximum absolute atomic E-state index is 12.7. The summed E-state index contributed by atoms with van der Waals surface area (Å²) in [6, 6.07) is 18.0. The molecule has 3 rings (SSSR count). The predicted molar refractivity (Wildman–Crippen MR) is 97.3 cm³/mol. The molecular formula is C21H25NO3. The van der Waals surface area contributed by atoms with Gasteiger partial charge in [0.25, 0.3) is 0 Å². The Morgan fingerprint density at radius 1 is 1.12 bits per heavy atom. The quantitative estimate of drug-likeness (QED) is 0.770. The van der Waals surface area contributed by atoms with Crippen molar-refractivity contribution in [3.8, 4) is 5.75 Å². The molecule has 0 aromatic heterocycles. The molecule has 2 aromatic carbocycles. The number of likely N-dealkylation sites (tertiary alicyclic amines) is 1. The Balaban J connectivity index is 1.53. The van der Waals surface area contributed by atoms with Gasteiger partial charge < -0.3 is 14.4 Å². The molecule has 0 aliphatic carbocycles. The molecule has 1 amide bonds. The van der Waals surface area contributed by atoms with Crippen molar-refractivity contribution < 1.29 is 14.3 Å². The fourth-order valence-corrected chi connectivity index (χ4v) is 3.26. The molecule has 1 fully saturated rings. The Morgan fingerprint density at radius 2 is 1.84 bits per heavy atom. The van der Waals surface area contributed by atoms with Gasteiger partial charge >= 0.3 is 0 Å². The Bertz CT molecular complexity index is 684. The number of nitrogens with zero attached hydrogens (tertiary/aromatic N) is 1. The molecular weight excluding hydrogens is 314 g/mol. The van der Waals surface area contributed by atoms with E-state index in [1.807, 2.05) is 59.5 Å². The van der Waals surface area contributed by atoms with Crippen molar-refractivity contribution >= 4 is 5.91 Å². The van der Waals surface area contributed by atoms with Crippen LogP contribution in [-0.4, -0.2) is 31.1 Å². The summed E-state index contributed by atoms with van der Waals surface area (Å²) >= 11 is 0. The third-order valence-electron chi connectivity index (χ3n) is 4.85. The highest BCUT2D eigenvalue weighted by Gasteiger charge is 2.34. The first-order chi connectivity index (χ1) is 12.2. The van der Waals surface area contributed by atoms with Crippen molar-refractivity contribution in [2.45, 2.75) is 26.0 Å². The molecule has 0 spiro atoms. The average molecular weight is 339 g/mol. The molecule has 25 heavy (non-hydrogen) atoms. The second kappa shape index (κ2) is 8.17. The lowest BCUT2D eigenvalue weighted by Gasteiger charge is -2.25. The standard InChI is InChI=1S/C21H25NO3/c1-16(18-8-10-20(24-2)11-9-18)22-13-12-19(21(22)23)15-25-14-17-6-4-3-5-7-17/h3-11,16,19H,12-15H2,1-2H3/t16?,19-/m0/s1. The fraction of sp³-hybridized carbons (Fsp3) is 0.381. The van der Waals surface area contributed by atoms with Crippen molar-refractivity contribution in [2.75, 3.05) is 20.3 Å². The minimum atomic E-state index is -0.0376. The normalized spacial score (nSPS) is 18.4. The molecule has 2 atom stereocenters. The minimum Gasteiger partial charge on any atom is -0.497 e. The summed E-state index contributed by atoms with van der Waals surface area (Å²) in [4.78, 5) is 14.7. The van der Waals surface area contributed by atoms with Crippen LogP contribution >= 0.6 is 0 Å². The number of hydrogen-bond donors (Lipinski definition) is 0. The molecule has 1 heterocycles. The summed E-state index contributed by atoms with van der Waals surface area (Å²) in [5, 5.41) is 0. The van der Waals surface area contributed by atoms with E-state index in [-0.39, 0.29) is 17.9 Å². The minimum absolute atomic E-state index is 0.0376. The zero-order valence-electron chi connectivity index (χ0n) is 14.9. The monoisotopic (exact) mass is 339 g/mol. The topological polar surface area (TPSA) is 38.8 Å². The molecule has 2 aromatic rings. The molecule has 4 nitrogen and oxygen atoms in total. The van der Waals surface area contributed by atoms with Gasteiger partial charge in [-0.2, -0.15) is 0 Å². The second-order valence-corrected chi connectivity index (χ2v) is 6.47. The first-order valence-corrected chi connectivity index (χ1v) is 8.75. The van der Waals surface area contributed by atoms with Crippen molar-refractivity contribution in [3.63, 3.8) is 0 Å². The summed E-state index contributed by atoms with van der Waals surface area (Å²) in [6.45, 7) is 3.90. The van der Waals surface area contributed by atoms with Crippen LogP contribution in [0.3, 0.4) is 0 Å². The Hall–Kier alpha value is -2.33. The smallest absolute Gasteiger partial charge is 0.228 e. The molecule has 0 saturated carbocycles. The van der Waals surface area contributed by atoms with E-state index in [2.05, 4.69) is 6.92 Å². The number of carbonyl (C=O) groups excluding carboxylic acids is 1. The van der Waals surface area contributed by atoms with Gasteiger partial charge in [-0.1, -0.05) is 42.5 Å². The Labute approximate surface area is 149 Å². The lowest BCUT2D eigenvalue weighted by Crippen LogP contribution is -2.31. The zero-order valence-corrected chi connectivity index (χ0v) is 14.9. The van der Waals surface area contributed by atoms with Crippen LogP contribution in [0.1, 0.15) is 30.5 Å². The van der Waals surface area contributed by atoms with E-state index in [0.717, 1.165) is 29.8 Å². The largest absolute Gasteiger partial charge is 0.497 e. The number of ether oxygens (including phenoxy) is 2. The van der Waals surface area contributed by atoms with E-state index in [4.69, 9.17) is 9.47 Å². The summed E-state index contributed by atoms with van der Waals surface area (Å²) in [6.07, 6.45) is 0.855. The van der Waals surface area contributed by atoms with Crippen LogP contribution < -0.4 is 4.74 Å². The van der Waals surface area contributed by atoms with E-state index in [1.165, 1.54) is 0 Å². The van der Waals surface area contributed by atoms with E-state index in [9.17, 15) is 4.79 Å². The van der Waals surface area contributed by atoms with Gasteiger partial charge in [-0.25, -0.2) is 0 Å². The summed E-state index contributed by atoms with van der Waals surface area (Å²) in [7, 11) is 1.66. The third-order valence-corrected chi connectivity index (χ3v) is 4.85. The highest BCUT2D eigenvalue weighted by atomic mass is 16.5. The van der Waals surface area contributed by atoms with Crippen molar-refractivity contribution in [3.05, 3.63) is 65.7 Å². The number of rotatable bonds is 7. The van der Waals surface area contributed by atoms with Gasteiger partial charge in [0.05, 0.1) is 32.3 Å². The first kappa shape index (κ1) is 17.5. The van der Waals surface area contributed by atoms with Crippen molar-refractivity contribution in [1.29, 1.82) is 0 Å². The van der Waals surface area contributed by atoms with Crippen LogP contribution in [0.4, 0.5) is 0 Å². The number of methoxy groups -OCH3 is 1. The van der Waals surface area contributed by atoms with Crippen LogP contribution in [0.2, 0.25) is 0 Å². The summed E-state index contributed by atoms with van der Waals surface area (Å²) < 4.78 is 11.0. The maximum Gasteiger partial charge on any atom is 0.228 e. The molecule has 1 aliphatic rings. The fourth-order valence-electron chi connectivity index (χ4n) is 3.26. The molecule has 0 radical (unpaired) electrons. The number of hydrogen-bond acceptors (Lipinski definition) is 3. The first-order valence-electron chi connectivity index (χ1n) is 8.75. The Kier molecular flexibility index (Phi) is 5.71. The Morgan fingerprint density at radius 3 is 2.52 bits per heavy atom. The van der Waals surface area contributed by atoms with Crippen molar-refractivity contribution in [1.82, 2.24) is 4.90 Å². The molecule has 0 bridgehead atoms. The lowest BCUT2D eigenvalue weighted by molar-refractivity contribution is -0.134.